The van der Waals surface area contributed by atoms with Crippen LogP contribution in [0.5, 0.6) is 0 Å². The fourth-order valence-corrected chi connectivity index (χ4v) is 2.49. The van der Waals surface area contributed by atoms with Crippen molar-refractivity contribution >= 4 is 23.4 Å². The van der Waals surface area contributed by atoms with Gasteiger partial charge in [0, 0.05) is 12.1 Å². The maximum atomic E-state index is 13.5. The van der Waals surface area contributed by atoms with Gasteiger partial charge in [-0.1, -0.05) is 11.8 Å². The number of aromatic nitrogens is 2. The highest BCUT2D eigenvalue weighted by Gasteiger charge is 2.10. The molecule has 0 unspecified atom stereocenters. The minimum absolute atomic E-state index is 0.0101. The summed E-state index contributed by atoms with van der Waals surface area (Å²) in [6, 6.07) is 4.09. The Kier molecular flexibility index (Phi) is 6.65. The molecule has 134 valence electrons. The first-order valence-electron chi connectivity index (χ1n) is 7.43. The Balaban J connectivity index is 1.97. The van der Waals surface area contributed by atoms with Crippen molar-refractivity contribution in [1.29, 1.82) is 0 Å². The number of halogens is 2. The Morgan fingerprint density at radius 2 is 2.12 bits per heavy atom. The first-order valence-corrected chi connectivity index (χ1v) is 8.41. The summed E-state index contributed by atoms with van der Waals surface area (Å²) in [5.74, 6) is -2.08. The number of nitrogens with one attached hydrogen (secondary N) is 2. The summed E-state index contributed by atoms with van der Waals surface area (Å²) in [5, 5.41) is 2.51. The predicted octanol–water partition coefficient (Wildman–Crippen LogP) is 2.70. The summed E-state index contributed by atoms with van der Waals surface area (Å²) in [6.07, 6.45) is -0.0101. The minimum atomic E-state index is -0.737. The number of benzene rings is 1. The van der Waals surface area contributed by atoms with Gasteiger partial charge in [-0.25, -0.2) is 13.8 Å². The average molecular weight is 369 g/mol. The number of nitrogens with zero attached hydrogens (tertiary/aromatic N) is 1. The van der Waals surface area contributed by atoms with Gasteiger partial charge in [-0.05, 0) is 26.0 Å². The molecule has 0 aliphatic carbocycles. The van der Waals surface area contributed by atoms with Gasteiger partial charge in [0.2, 0.25) is 5.91 Å². The van der Waals surface area contributed by atoms with Crippen LogP contribution in [0.3, 0.4) is 0 Å². The summed E-state index contributed by atoms with van der Waals surface area (Å²) in [6.45, 7) is 3.90. The lowest BCUT2D eigenvalue weighted by atomic mass is 10.3. The van der Waals surface area contributed by atoms with Crippen molar-refractivity contribution in [3.8, 4) is 0 Å². The van der Waals surface area contributed by atoms with Gasteiger partial charge >= 0.3 is 0 Å². The van der Waals surface area contributed by atoms with Crippen LogP contribution in [-0.2, 0) is 16.1 Å². The molecule has 0 radical (unpaired) electrons. The molecule has 2 N–H and O–H groups in total. The number of hydrogen-bond donors (Lipinski definition) is 2. The number of anilines is 1. The molecule has 9 heteroatoms. The van der Waals surface area contributed by atoms with Crippen molar-refractivity contribution in [3.05, 3.63) is 51.9 Å². The molecular formula is C16H17F2N3O3S. The molecular weight excluding hydrogens is 352 g/mol. The smallest absolute Gasteiger partial charge is 0.251 e. The van der Waals surface area contributed by atoms with Crippen molar-refractivity contribution < 1.29 is 18.3 Å². The molecule has 0 saturated carbocycles. The lowest BCUT2D eigenvalue weighted by Gasteiger charge is -2.08. The number of H-pyrrole nitrogens is 1. The van der Waals surface area contributed by atoms with Crippen LogP contribution in [0.25, 0.3) is 0 Å². The van der Waals surface area contributed by atoms with Crippen LogP contribution in [-0.4, -0.2) is 27.7 Å². The third-order valence-electron chi connectivity index (χ3n) is 2.88. The molecule has 0 spiro atoms. The Morgan fingerprint density at radius 1 is 1.36 bits per heavy atom. The van der Waals surface area contributed by atoms with Gasteiger partial charge in [0.15, 0.2) is 5.16 Å². The molecule has 0 saturated heterocycles. The van der Waals surface area contributed by atoms with E-state index in [9.17, 15) is 18.4 Å². The summed E-state index contributed by atoms with van der Waals surface area (Å²) < 4.78 is 32.0. The van der Waals surface area contributed by atoms with Crippen LogP contribution in [0, 0.1) is 11.6 Å². The average Bonchev–Trinajstić information content (AvgIpc) is 2.54. The Morgan fingerprint density at radius 3 is 2.84 bits per heavy atom. The fourth-order valence-electron chi connectivity index (χ4n) is 1.79. The molecule has 1 heterocycles. The van der Waals surface area contributed by atoms with Crippen LogP contribution >= 0.6 is 11.8 Å². The number of thioether (sulfide) groups is 1. The van der Waals surface area contributed by atoms with Crippen molar-refractivity contribution in [2.75, 3.05) is 11.1 Å². The summed E-state index contributed by atoms with van der Waals surface area (Å²) in [5.41, 5.74) is -0.167. The predicted molar refractivity (Wildman–Crippen MR) is 90.5 cm³/mol. The lowest BCUT2D eigenvalue weighted by Crippen LogP contribution is -2.17. The second-order valence-corrected chi connectivity index (χ2v) is 6.33. The van der Waals surface area contributed by atoms with E-state index in [1.54, 1.807) is 0 Å². The number of carbonyl (C=O) groups is 1. The van der Waals surface area contributed by atoms with Crippen LogP contribution in [0.4, 0.5) is 14.5 Å². The SMILES string of the molecule is CC(C)OCc1cc(=O)[nH]c(SCC(=O)Nc2cc(F)ccc2F)n1. The van der Waals surface area contributed by atoms with E-state index >= 15 is 0 Å². The Hall–Kier alpha value is -2.26. The van der Waals surface area contributed by atoms with Gasteiger partial charge in [-0.15, -0.1) is 0 Å². The van der Waals surface area contributed by atoms with Crippen LogP contribution < -0.4 is 10.9 Å². The summed E-state index contributed by atoms with van der Waals surface area (Å²) in [4.78, 5) is 30.2. The fraction of sp³-hybridized carbons (Fsp3) is 0.312. The first-order chi connectivity index (χ1) is 11.8. The van der Waals surface area contributed by atoms with E-state index in [1.165, 1.54) is 6.07 Å². The van der Waals surface area contributed by atoms with E-state index in [0.717, 1.165) is 30.0 Å². The number of aromatic amines is 1. The maximum Gasteiger partial charge on any atom is 0.251 e. The third kappa shape index (κ3) is 6.28. The van der Waals surface area contributed by atoms with Crippen molar-refractivity contribution in [1.82, 2.24) is 9.97 Å². The molecule has 2 aromatic rings. The van der Waals surface area contributed by atoms with Gasteiger partial charge < -0.3 is 15.0 Å². The number of ether oxygens (including phenoxy) is 1. The van der Waals surface area contributed by atoms with Gasteiger partial charge in [-0.2, -0.15) is 0 Å². The van der Waals surface area contributed by atoms with E-state index in [4.69, 9.17) is 4.74 Å². The van der Waals surface area contributed by atoms with Crippen molar-refractivity contribution in [2.24, 2.45) is 0 Å². The molecule has 0 aliphatic heterocycles. The normalized spacial score (nSPS) is 10.9. The highest BCUT2D eigenvalue weighted by atomic mass is 32.2. The second kappa shape index (κ2) is 8.72. The Bertz CT molecular complexity index is 811. The van der Waals surface area contributed by atoms with Crippen LogP contribution in [0.1, 0.15) is 19.5 Å². The highest BCUT2D eigenvalue weighted by Crippen LogP contribution is 2.17. The lowest BCUT2D eigenvalue weighted by molar-refractivity contribution is -0.113. The molecule has 0 aliphatic rings. The molecule has 0 atom stereocenters. The second-order valence-electron chi connectivity index (χ2n) is 5.36. The van der Waals surface area contributed by atoms with Crippen LogP contribution in [0.2, 0.25) is 0 Å². The molecule has 0 fully saturated rings. The van der Waals surface area contributed by atoms with Crippen molar-refractivity contribution in [3.63, 3.8) is 0 Å². The zero-order valence-corrected chi connectivity index (χ0v) is 14.5. The Labute approximate surface area is 147 Å². The summed E-state index contributed by atoms with van der Waals surface area (Å²) >= 11 is 0.970. The van der Waals surface area contributed by atoms with Crippen LogP contribution in [0.15, 0.2) is 34.2 Å². The largest absolute Gasteiger partial charge is 0.373 e. The van der Waals surface area contributed by atoms with Crippen molar-refractivity contribution in [2.45, 2.75) is 31.7 Å². The van der Waals surface area contributed by atoms with E-state index < -0.39 is 17.5 Å². The van der Waals surface area contributed by atoms with Gasteiger partial charge in [0.05, 0.1) is 29.8 Å². The molecule has 0 bridgehead atoms. The third-order valence-corrected chi connectivity index (χ3v) is 3.75. The van der Waals surface area contributed by atoms with E-state index in [2.05, 4.69) is 15.3 Å². The number of rotatable bonds is 7. The summed E-state index contributed by atoms with van der Waals surface area (Å²) in [7, 11) is 0. The standard InChI is InChI=1S/C16H17F2N3O3S/c1-9(2)24-7-11-6-14(22)21-16(19-11)25-8-15(23)20-13-5-10(17)3-4-12(13)18/h3-6,9H,7-8H2,1-2H3,(H,20,23)(H,19,21,22). The topological polar surface area (TPSA) is 84.1 Å². The molecule has 1 amide bonds. The zero-order chi connectivity index (χ0) is 18.4. The van der Waals surface area contributed by atoms with E-state index in [0.29, 0.717) is 5.69 Å². The van der Waals surface area contributed by atoms with Gasteiger partial charge in [-0.3, -0.25) is 9.59 Å². The molecule has 6 nitrogen and oxygen atoms in total. The van der Waals surface area contributed by atoms with E-state index in [1.807, 2.05) is 13.8 Å². The molecule has 1 aromatic heterocycles. The minimum Gasteiger partial charge on any atom is -0.373 e. The molecule has 25 heavy (non-hydrogen) atoms. The molecule has 2 rings (SSSR count). The quantitative estimate of drug-likeness (QED) is 0.579. The number of amides is 1. The van der Waals surface area contributed by atoms with Gasteiger partial charge in [0.1, 0.15) is 11.6 Å². The molecule has 1 aromatic carbocycles. The van der Waals surface area contributed by atoms with E-state index in [-0.39, 0.29) is 34.9 Å². The highest BCUT2D eigenvalue weighted by molar-refractivity contribution is 7.99. The number of carbonyl (C=O) groups excluding carboxylic acids is 1. The first kappa shape index (κ1) is 19.1. The monoisotopic (exact) mass is 369 g/mol. The maximum absolute atomic E-state index is 13.5. The van der Waals surface area contributed by atoms with Gasteiger partial charge in [0.25, 0.3) is 5.56 Å². The zero-order valence-electron chi connectivity index (χ0n) is 13.6. The number of hydrogen-bond acceptors (Lipinski definition) is 5.